The minimum Gasteiger partial charge on any atom is -0.497 e. The number of nitrogens with one attached hydrogen (secondary N) is 1. The van der Waals surface area contributed by atoms with E-state index in [1.54, 1.807) is 12.0 Å². The average Bonchev–Trinajstić information content (AvgIpc) is 2.89. The van der Waals surface area contributed by atoms with Crippen LogP contribution in [0, 0.1) is 0 Å². The largest absolute Gasteiger partial charge is 0.497 e. The molecule has 0 spiro atoms. The van der Waals surface area contributed by atoms with Gasteiger partial charge in [-0.25, -0.2) is 0 Å². The number of aryl methyl sites for hydroxylation is 1. The Morgan fingerprint density at radius 2 is 1.53 bits per heavy atom. The Kier molecular flexibility index (Phi) is 12.1. The van der Waals surface area contributed by atoms with E-state index in [9.17, 15) is 9.59 Å². The van der Waals surface area contributed by atoms with E-state index in [1.165, 1.54) is 0 Å². The van der Waals surface area contributed by atoms with Gasteiger partial charge in [0.1, 0.15) is 11.8 Å². The van der Waals surface area contributed by atoms with Gasteiger partial charge in [-0.2, -0.15) is 0 Å². The fourth-order valence-electron chi connectivity index (χ4n) is 3.93. The Morgan fingerprint density at radius 1 is 0.889 bits per heavy atom. The maximum absolute atomic E-state index is 13.5. The number of methoxy groups -OCH3 is 1. The average molecular weight is 499 g/mol. The molecule has 0 aliphatic rings. The maximum Gasteiger partial charge on any atom is 0.243 e. The molecule has 0 bridgehead atoms. The van der Waals surface area contributed by atoms with Crippen molar-refractivity contribution in [3.63, 3.8) is 0 Å². The van der Waals surface area contributed by atoms with Crippen molar-refractivity contribution in [2.75, 3.05) is 20.3 Å². The monoisotopic (exact) mass is 498 g/mol. The lowest BCUT2D eigenvalue weighted by atomic mass is 10.0. The normalized spacial score (nSPS) is 12.4. The number of carbonyl (C=O) groups is 2. The van der Waals surface area contributed by atoms with Crippen LogP contribution in [0.3, 0.4) is 0 Å². The summed E-state index contributed by atoms with van der Waals surface area (Å²) in [5, 5.41) is 3.05. The lowest BCUT2D eigenvalue weighted by Crippen LogP contribution is -2.50. The van der Waals surface area contributed by atoms with Crippen molar-refractivity contribution in [1.82, 2.24) is 10.2 Å². The molecule has 2 rings (SSSR count). The van der Waals surface area contributed by atoms with Gasteiger partial charge in [0.15, 0.2) is 11.5 Å². The molecule has 2 amide bonds. The standard InChI is InChI=1S/C29H42N2O5/c1-7-21(5)30-29(33)25(8-2)31(20-23-11-15-24(34-6)16-12-23)28(32)18-14-22-13-17-26(35-9-3)27(19-22)36-10-4/h11-13,15-17,19,21,25H,7-10,14,18,20H2,1-6H3,(H,30,33)/t21-,25-/m1/s1. The van der Waals surface area contributed by atoms with Crippen molar-refractivity contribution in [3.8, 4) is 17.2 Å². The summed E-state index contributed by atoms with van der Waals surface area (Å²) in [5.41, 5.74) is 1.93. The van der Waals surface area contributed by atoms with Gasteiger partial charge in [-0.15, -0.1) is 0 Å². The second-order valence-corrected chi connectivity index (χ2v) is 8.76. The van der Waals surface area contributed by atoms with Crippen LogP contribution in [0.5, 0.6) is 17.2 Å². The summed E-state index contributed by atoms with van der Waals surface area (Å²) in [7, 11) is 1.62. The molecular weight excluding hydrogens is 456 g/mol. The first kappa shape index (κ1) is 29.0. The predicted molar refractivity (Wildman–Crippen MR) is 143 cm³/mol. The van der Waals surface area contributed by atoms with Gasteiger partial charge >= 0.3 is 0 Å². The van der Waals surface area contributed by atoms with E-state index in [0.717, 1.165) is 23.3 Å². The van der Waals surface area contributed by atoms with E-state index < -0.39 is 6.04 Å². The first-order valence-corrected chi connectivity index (χ1v) is 13.0. The molecule has 0 aliphatic heterocycles. The molecular formula is C29H42N2O5. The van der Waals surface area contributed by atoms with Gasteiger partial charge in [-0.3, -0.25) is 9.59 Å². The Balaban J connectivity index is 2.24. The highest BCUT2D eigenvalue weighted by Crippen LogP contribution is 2.29. The van der Waals surface area contributed by atoms with Gasteiger partial charge in [-0.05, 0) is 75.4 Å². The Hall–Kier alpha value is -3.22. The van der Waals surface area contributed by atoms with Gasteiger partial charge in [0.05, 0.1) is 20.3 Å². The molecule has 0 unspecified atom stereocenters. The molecule has 7 nitrogen and oxygen atoms in total. The topological polar surface area (TPSA) is 77.1 Å². The van der Waals surface area contributed by atoms with E-state index >= 15 is 0 Å². The number of ether oxygens (including phenoxy) is 3. The molecule has 0 aromatic heterocycles. The van der Waals surface area contributed by atoms with Gasteiger partial charge < -0.3 is 24.4 Å². The number of hydrogen-bond acceptors (Lipinski definition) is 5. The second-order valence-electron chi connectivity index (χ2n) is 8.76. The molecule has 1 N–H and O–H groups in total. The number of amides is 2. The molecule has 0 heterocycles. The smallest absolute Gasteiger partial charge is 0.243 e. The summed E-state index contributed by atoms with van der Waals surface area (Å²) in [6.45, 7) is 11.2. The molecule has 2 aromatic carbocycles. The molecule has 0 aliphatic carbocycles. The highest BCUT2D eigenvalue weighted by molar-refractivity contribution is 5.88. The van der Waals surface area contributed by atoms with Crippen LogP contribution in [0.2, 0.25) is 0 Å². The minimum atomic E-state index is -0.548. The highest BCUT2D eigenvalue weighted by atomic mass is 16.5. The first-order chi connectivity index (χ1) is 17.4. The molecule has 2 aromatic rings. The van der Waals surface area contributed by atoms with Crippen LogP contribution in [-0.4, -0.2) is 49.1 Å². The molecule has 36 heavy (non-hydrogen) atoms. The SMILES string of the molecule is CCOc1ccc(CCC(=O)N(Cc2ccc(OC)cc2)[C@H](CC)C(=O)N[C@H](C)CC)cc1OCC. The third kappa shape index (κ3) is 8.47. The van der Waals surface area contributed by atoms with Gasteiger partial charge in [-0.1, -0.05) is 32.0 Å². The summed E-state index contributed by atoms with van der Waals surface area (Å²) < 4.78 is 16.6. The molecule has 7 heteroatoms. The number of benzene rings is 2. The number of rotatable bonds is 15. The zero-order valence-electron chi connectivity index (χ0n) is 22.6. The maximum atomic E-state index is 13.5. The van der Waals surface area contributed by atoms with Crippen molar-refractivity contribution in [2.24, 2.45) is 0 Å². The molecule has 0 saturated heterocycles. The van der Waals surface area contributed by atoms with Crippen molar-refractivity contribution >= 4 is 11.8 Å². The second kappa shape index (κ2) is 15.0. The molecule has 0 radical (unpaired) electrons. The molecule has 0 fully saturated rings. The first-order valence-electron chi connectivity index (χ1n) is 13.0. The van der Waals surface area contributed by atoms with Crippen LogP contribution < -0.4 is 19.5 Å². The predicted octanol–water partition coefficient (Wildman–Crippen LogP) is 5.15. The van der Waals surface area contributed by atoms with Crippen LogP contribution >= 0.6 is 0 Å². The summed E-state index contributed by atoms with van der Waals surface area (Å²) in [5.74, 6) is 1.94. The van der Waals surface area contributed by atoms with Crippen molar-refractivity contribution in [1.29, 1.82) is 0 Å². The number of hydrogen-bond donors (Lipinski definition) is 1. The zero-order valence-corrected chi connectivity index (χ0v) is 22.6. The summed E-state index contributed by atoms with van der Waals surface area (Å²) in [6, 6.07) is 12.9. The van der Waals surface area contributed by atoms with E-state index in [1.807, 2.05) is 77.1 Å². The Labute approximate surface area is 216 Å². The fourth-order valence-corrected chi connectivity index (χ4v) is 3.93. The molecule has 0 saturated carbocycles. The lowest BCUT2D eigenvalue weighted by Gasteiger charge is -2.31. The van der Waals surface area contributed by atoms with Gasteiger partial charge in [0, 0.05) is 19.0 Å². The van der Waals surface area contributed by atoms with Crippen molar-refractivity contribution in [3.05, 3.63) is 53.6 Å². The van der Waals surface area contributed by atoms with Crippen LogP contribution in [0.1, 0.15) is 65.0 Å². The molecule has 198 valence electrons. The van der Waals surface area contributed by atoms with Crippen LogP contribution in [0.25, 0.3) is 0 Å². The van der Waals surface area contributed by atoms with Crippen molar-refractivity contribution in [2.45, 2.75) is 78.9 Å². The van der Waals surface area contributed by atoms with Crippen LogP contribution in [0.15, 0.2) is 42.5 Å². The van der Waals surface area contributed by atoms with E-state index in [4.69, 9.17) is 14.2 Å². The van der Waals surface area contributed by atoms with Gasteiger partial charge in [0.25, 0.3) is 0 Å². The van der Waals surface area contributed by atoms with E-state index in [0.29, 0.717) is 44.1 Å². The van der Waals surface area contributed by atoms with Crippen molar-refractivity contribution < 1.29 is 23.8 Å². The third-order valence-corrected chi connectivity index (χ3v) is 6.13. The number of carbonyl (C=O) groups excluding carboxylic acids is 2. The Bertz CT molecular complexity index is 961. The van der Waals surface area contributed by atoms with Crippen LogP contribution in [0.4, 0.5) is 0 Å². The van der Waals surface area contributed by atoms with E-state index in [2.05, 4.69) is 5.32 Å². The van der Waals surface area contributed by atoms with E-state index in [-0.39, 0.29) is 24.3 Å². The summed E-state index contributed by atoms with van der Waals surface area (Å²) in [4.78, 5) is 28.4. The quantitative estimate of drug-likeness (QED) is 0.368. The summed E-state index contributed by atoms with van der Waals surface area (Å²) >= 11 is 0. The van der Waals surface area contributed by atoms with Gasteiger partial charge in [0.2, 0.25) is 11.8 Å². The Morgan fingerprint density at radius 3 is 2.11 bits per heavy atom. The van der Waals surface area contributed by atoms with Crippen LogP contribution in [-0.2, 0) is 22.6 Å². The zero-order chi connectivity index (χ0) is 26.5. The highest BCUT2D eigenvalue weighted by Gasteiger charge is 2.29. The molecule has 2 atom stereocenters. The third-order valence-electron chi connectivity index (χ3n) is 6.13. The number of nitrogens with zero attached hydrogens (tertiary/aromatic N) is 1. The lowest BCUT2D eigenvalue weighted by molar-refractivity contribution is -0.141. The minimum absolute atomic E-state index is 0.0466. The fraction of sp³-hybridized carbons (Fsp3) is 0.517. The summed E-state index contributed by atoms with van der Waals surface area (Å²) in [6.07, 6.45) is 2.17.